The molecule has 25 heavy (non-hydrogen) atoms. The Morgan fingerprint density at radius 1 is 1.24 bits per heavy atom. The number of phenolic OH excluding ortho intramolecular Hbond substituents is 1. The summed E-state index contributed by atoms with van der Waals surface area (Å²) in [6.45, 7) is 11.7. The second kappa shape index (κ2) is 7.23. The molecular formula is C21H22N2O2. The van der Waals surface area contributed by atoms with Gasteiger partial charge in [0.15, 0.2) is 0 Å². The molecule has 0 spiro atoms. The molecule has 4 heteroatoms. The van der Waals surface area contributed by atoms with E-state index in [0.717, 1.165) is 17.0 Å². The van der Waals surface area contributed by atoms with E-state index >= 15 is 0 Å². The predicted molar refractivity (Wildman–Crippen MR) is 99.6 cm³/mol. The Hall–Kier alpha value is -3.06. The molecule has 0 aliphatic rings. The Morgan fingerprint density at radius 2 is 1.84 bits per heavy atom. The molecule has 4 nitrogen and oxygen atoms in total. The lowest BCUT2D eigenvalue weighted by molar-refractivity contribution is 0.103. The van der Waals surface area contributed by atoms with E-state index in [1.807, 2.05) is 24.5 Å². The van der Waals surface area contributed by atoms with E-state index in [2.05, 4.69) is 6.58 Å². The lowest BCUT2D eigenvalue weighted by atomic mass is 9.99. The molecule has 0 fully saturated rings. The van der Waals surface area contributed by atoms with Crippen molar-refractivity contribution in [3.63, 3.8) is 0 Å². The van der Waals surface area contributed by atoms with Gasteiger partial charge in [0, 0.05) is 23.5 Å². The fraction of sp³-hybridized carbons (Fsp3) is 0.238. The number of carbonyl (C=O) groups excluding carboxylic acids is 1. The number of Topliss-reactive ketones (excluding diaryl/α,β-unsaturated/α-hetero) is 1. The van der Waals surface area contributed by atoms with Gasteiger partial charge in [0.1, 0.15) is 17.4 Å². The molecule has 0 bridgehead atoms. The number of ketones is 1. The molecule has 0 saturated carbocycles. The minimum atomic E-state index is -0.297. The Kier molecular flexibility index (Phi) is 5.29. The predicted octanol–water partition coefficient (Wildman–Crippen LogP) is 4.40. The molecule has 128 valence electrons. The van der Waals surface area contributed by atoms with Crippen LogP contribution < -0.4 is 0 Å². The molecule has 2 aromatic rings. The van der Waals surface area contributed by atoms with Crippen molar-refractivity contribution >= 4 is 11.9 Å². The molecule has 1 N–H and O–H groups in total. The van der Waals surface area contributed by atoms with Crippen molar-refractivity contribution in [3.05, 3.63) is 70.1 Å². The normalized spacial score (nSPS) is 11.2. The third kappa shape index (κ3) is 3.56. The summed E-state index contributed by atoms with van der Waals surface area (Å²) in [5.74, 6) is -0.0655. The van der Waals surface area contributed by atoms with Gasteiger partial charge in [0.25, 0.3) is 0 Å². The zero-order valence-electron chi connectivity index (χ0n) is 15.1. The number of nitrogens with zero attached hydrogens (tertiary/aromatic N) is 2. The number of allylic oxidation sites excluding steroid dienone is 2. The van der Waals surface area contributed by atoms with Gasteiger partial charge >= 0.3 is 0 Å². The van der Waals surface area contributed by atoms with E-state index in [-0.39, 0.29) is 17.1 Å². The third-order valence-electron chi connectivity index (χ3n) is 4.32. The highest BCUT2D eigenvalue weighted by Gasteiger charge is 2.19. The van der Waals surface area contributed by atoms with Crippen molar-refractivity contribution < 1.29 is 9.90 Å². The summed E-state index contributed by atoms with van der Waals surface area (Å²) in [6, 6.07) is 7.33. The van der Waals surface area contributed by atoms with E-state index in [1.165, 1.54) is 0 Å². The molecule has 1 aromatic heterocycles. The molecule has 0 aliphatic heterocycles. The molecule has 1 heterocycles. The molecule has 0 unspecified atom stereocenters. The molecule has 0 aliphatic carbocycles. The summed E-state index contributed by atoms with van der Waals surface area (Å²) in [5.41, 5.74) is 4.51. The average molecular weight is 334 g/mol. The summed E-state index contributed by atoms with van der Waals surface area (Å²) >= 11 is 0. The first kappa shape index (κ1) is 18.3. The van der Waals surface area contributed by atoms with Crippen LogP contribution in [-0.2, 0) is 6.54 Å². The van der Waals surface area contributed by atoms with Crippen molar-refractivity contribution in [2.75, 3.05) is 0 Å². The topological polar surface area (TPSA) is 66.0 Å². The molecule has 2 rings (SSSR count). The van der Waals surface area contributed by atoms with Gasteiger partial charge in [-0.25, -0.2) is 0 Å². The van der Waals surface area contributed by atoms with Crippen LogP contribution in [0.4, 0.5) is 0 Å². The zero-order chi connectivity index (χ0) is 18.7. The fourth-order valence-electron chi connectivity index (χ4n) is 2.97. The Bertz CT molecular complexity index is 901. The van der Waals surface area contributed by atoms with Gasteiger partial charge in [-0.2, -0.15) is 5.26 Å². The Morgan fingerprint density at radius 3 is 2.36 bits per heavy atom. The van der Waals surface area contributed by atoms with Gasteiger partial charge < -0.3 is 9.67 Å². The third-order valence-corrected chi connectivity index (χ3v) is 4.32. The molecule has 1 aromatic carbocycles. The first-order chi connectivity index (χ1) is 11.8. The fourth-order valence-corrected chi connectivity index (χ4v) is 2.97. The highest BCUT2D eigenvalue weighted by molar-refractivity contribution is 6.14. The lowest BCUT2D eigenvalue weighted by Gasteiger charge is -2.07. The van der Waals surface area contributed by atoms with Crippen LogP contribution in [0.3, 0.4) is 0 Å². The molecular weight excluding hydrogens is 312 g/mol. The summed E-state index contributed by atoms with van der Waals surface area (Å²) in [6.07, 6.45) is 3.35. The van der Waals surface area contributed by atoms with E-state index in [4.69, 9.17) is 0 Å². The Labute approximate surface area is 148 Å². The summed E-state index contributed by atoms with van der Waals surface area (Å²) < 4.78 is 1.99. The van der Waals surface area contributed by atoms with Gasteiger partial charge in [-0.3, -0.25) is 4.79 Å². The largest absolute Gasteiger partial charge is 0.507 e. The number of phenols is 1. The van der Waals surface area contributed by atoms with Crippen LogP contribution in [-0.4, -0.2) is 15.5 Å². The number of aromatic nitrogens is 1. The van der Waals surface area contributed by atoms with Gasteiger partial charge in [-0.1, -0.05) is 6.08 Å². The zero-order valence-corrected chi connectivity index (χ0v) is 15.1. The second-order valence-electron chi connectivity index (χ2n) is 6.19. The number of rotatable bonds is 5. The average Bonchev–Trinajstić information content (AvgIpc) is 2.85. The number of nitriles is 1. The molecule has 0 radical (unpaired) electrons. The van der Waals surface area contributed by atoms with Crippen LogP contribution in [0, 0.1) is 39.0 Å². The van der Waals surface area contributed by atoms with Gasteiger partial charge in [0.2, 0.25) is 5.78 Å². The van der Waals surface area contributed by atoms with Crippen LogP contribution in [0.1, 0.15) is 38.4 Å². The number of benzene rings is 1. The van der Waals surface area contributed by atoms with Gasteiger partial charge in [-0.05, 0) is 68.7 Å². The van der Waals surface area contributed by atoms with Crippen LogP contribution in [0.5, 0.6) is 5.75 Å². The van der Waals surface area contributed by atoms with E-state index in [0.29, 0.717) is 23.2 Å². The van der Waals surface area contributed by atoms with Crippen molar-refractivity contribution in [2.45, 2.75) is 34.2 Å². The number of aryl methyl sites for hydroxylation is 3. The highest BCUT2D eigenvalue weighted by Crippen LogP contribution is 2.25. The second-order valence-corrected chi connectivity index (χ2v) is 6.19. The van der Waals surface area contributed by atoms with Crippen LogP contribution in [0.15, 0.2) is 36.4 Å². The van der Waals surface area contributed by atoms with E-state index in [9.17, 15) is 15.2 Å². The maximum Gasteiger partial charge on any atom is 0.205 e. The first-order valence-electron chi connectivity index (χ1n) is 8.04. The number of hydrogen-bond acceptors (Lipinski definition) is 3. The highest BCUT2D eigenvalue weighted by atomic mass is 16.3. The van der Waals surface area contributed by atoms with Gasteiger partial charge in [-0.15, -0.1) is 6.58 Å². The quantitative estimate of drug-likeness (QED) is 0.381. The van der Waals surface area contributed by atoms with E-state index in [1.54, 1.807) is 44.2 Å². The maximum absolute atomic E-state index is 12.8. The standard InChI is InChI=1S/C21H22N2O2/c1-6-7-23-15(4)10-19(16(23)5)21(25)18(12-22)11-17-8-13(2)20(24)14(3)9-17/h6,8-11,24H,1,7H2,2-5H3. The number of aromatic hydroxyl groups is 1. The molecule has 0 saturated heterocycles. The SMILES string of the molecule is C=CCn1c(C)cc(C(=O)C(C#N)=Cc2cc(C)c(O)c(C)c2)c1C. The smallest absolute Gasteiger partial charge is 0.205 e. The van der Waals surface area contributed by atoms with Crippen molar-refractivity contribution in [1.82, 2.24) is 4.57 Å². The number of hydrogen-bond donors (Lipinski definition) is 1. The minimum Gasteiger partial charge on any atom is -0.507 e. The summed E-state index contributed by atoms with van der Waals surface area (Å²) in [5, 5.41) is 19.3. The first-order valence-corrected chi connectivity index (χ1v) is 8.04. The maximum atomic E-state index is 12.8. The van der Waals surface area contributed by atoms with Crippen LogP contribution in [0.25, 0.3) is 6.08 Å². The van der Waals surface area contributed by atoms with Crippen LogP contribution >= 0.6 is 0 Å². The molecule has 0 amide bonds. The summed E-state index contributed by atoms with van der Waals surface area (Å²) in [7, 11) is 0. The van der Waals surface area contributed by atoms with Crippen molar-refractivity contribution in [2.24, 2.45) is 0 Å². The van der Waals surface area contributed by atoms with Crippen LogP contribution in [0.2, 0.25) is 0 Å². The summed E-state index contributed by atoms with van der Waals surface area (Å²) in [4.78, 5) is 12.8. The van der Waals surface area contributed by atoms with Crippen molar-refractivity contribution in [1.29, 1.82) is 5.26 Å². The van der Waals surface area contributed by atoms with E-state index < -0.39 is 0 Å². The molecule has 0 atom stereocenters. The lowest BCUT2D eigenvalue weighted by Crippen LogP contribution is -2.05. The minimum absolute atomic E-state index is 0.0725. The van der Waals surface area contributed by atoms with Gasteiger partial charge in [0.05, 0.1) is 0 Å². The number of carbonyl (C=O) groups is 1. The van der Waals surface area contributed by atoms with Crippen molar-refractivity contribution in [3.8, 4) is 11.8 Å². The monoisotopic (exact) mass is 334 g/mol. The Balaban J connectivity index is 2.48.